The normalized spacial score (nSPS) is 13.2. The number of para-hydroxylation sites is 1. The molecule has 1 aromatic heterocycles. The van der Waals surface area contributed by atoms with Crippen molar-refractivity contribution in [3.8, 4) is 5.69 Å². The number of aromatic carboxylic acids is 1. The van der Waals surface area contributed by atoms with E-state index in [-0.39, 0.29) is 11.3 Å². The first-order chi connectivity index (χ1) is 14.1. The summed E-state index contributed by atoms with van der Waals surface area (Å²) in [5.41, 5.74) is 5.12. The van der Waals surface area contributed by atoms with Crippen LogP contribution in [-0.4, -0.2) is 33.9 Å². The van der Waals surface area contributed by atoms with Gasteiger partial charge in [-0.25, -0.2) is 9.48 Å². The number of benzene rings is 2. The first-order valence-corrected chi connectivity index (χ1v) is 9.55. The van der Waals surface area contributed by atoms with Gasteiger partial charge in [-0.1, -0.05) is 30.3 Å². The fourth-order valence-corrected chi connectivity index (χ4v) is 3.48. The molecule has 0 aliphatic carbocycles. The number of carboxylic acids is 1. The quantitative estimate of drug-likeness (QED) is 0.653. The second kappa shape index (κ2) is 8.09. The Balaban J connectivity index is 1.63. The largest absolute Gasteiger partial charge is 0.477 e. The zero-order chi connectivity index (χ0) is 20.2. The lowest BCUT2D eigenvalue weighted by molar-refractivity contribution is 0.0689. The van der Waals surface area contributed by atoms with Crippen LogP contribution in [0.4, 0.5) is 5.69 Å². The van der Waals surface area contributed by atoms with Gasteiger partial charge in [0.25, 0.3) is 5.56 Å². The zero-order valence-electron chi connectivity index (χ0n) is 15.8. The molecule has 0 spiro atoms. The van der Waals surface area contributed by atoms with E-state index in [2.05, 4.69) is 27.9 Å². The highest BCUT2D eigenvalue weighted by Crippen LogP contribution is 2.20. The molecule has 146 valence electrons. The van der Waals surface area contributed by atoms with Crippen LogP contribution in [-0.2, 0) is 0 Å². The van der Waals surface area contributed by atoms with Crippen LogP contribution in [0.2, 0.25) is 0 Å². The summed E-state index contributed by atoms with van der Waals surface area (Å²) >= 11 is 0. The topological polar surface area (TPSA) is 78.3 Å². The van der Waals surface area contributed by atoms with Gasteiger partial charge in [-0.05, 0) is 54.8 Å². The minimum atomic E-state index is -1.19. The van der Waals surface area contributed by atoms with E-state index in [0.717, 1.165) is 18.7 Å². The molecular formula is C23H21N3O3. The highest BCUT2D eigenvalue weighted by Gasteiger charge is 2.18. The third-order valence-corrected chi connectivity index (χ3v) is 5.00. The highest BCUT2D eigenvalue weighted by molar-refractivity contribution is 5.90. The summed E-state index contributed by atoms with van der Waals surface area (Å²) in [7, 11) is 0. The Morgan fingerprint density at radius 1 is 0.966 bits per heavy atom. The molecule has 0 amide bonds. The molecule has 0 atom stereocenters. The van der Waals surface area contributed by atoms with E-state index in [1.54, 1.807) is 30.3 Å². The second-order valence-corrected chi connectivity index (χ2v) is 6.92. The second-order valence-electron chi connectivity index (χ2n) is 6.92. The van der Waals surface area contributed by atoms with Gasteiger partial charge >= 0.3 is 5.97 Å². The SMILES string of the molecule is O=C(O)c1[nH]n(-c2ccccc2)c(=O)c1C=C=Cc1ccc(N2CCCC2)cc1. The summed E-state index contributed by atoms with van der Waals surface area (Å²) in [6.07, 6.45) is 5.61. The molecule has 1 saturated heterocycles. The first-order valence-electron chi connectivity index (χ1n) is 9.55. The fraction of sp³-hybridized carbons (Fsp3) is 0.174. The van der Waals surface area contributed by atoms with Crippen LogP contribution in [0.1, 0.15) is 34.5 Å². The molecule has 0 unspecified atom stereocenters. The number of aromatic amines is 1. The molecule has 6 heteroatoms. The standard InChI is InChI=1S/C23H21N3O3/c27-22-20(21(23(28)29)24-26(22)19-8-2-1-3-9-19)10-6-7-17-11-13-18(14-12-17)25-15-4-5-16-25/h1-3,7-14,24H,4-5,15-16H2,(H,28,29). The Kier molecular flexibility index (Phi) is 5.18. The predicted molar refractivity (Wildman–Crippen MR) is 114 cm³/mol. The van der Waals surface area contributed by atoms with Crippen LogP contribution >= 0.6 is 0 Å². The van der Waals surface area contributed by atoms with Gasteiger partial charge in [0.1, 0.15) is 0 Å². The van der Waals surface area contributed by atoms with Crippen molar-refractivity contribution in [1.29, 1.82) is 0 Å². The van der Waals surface area contributed by atoms with Gasteiger partial charge in [-0.15, -0.1) is 5.73 Å². The van der Waals surface area contributed by atoms with Crippen molar-refractivity contribution in [2.75, 3.05) is 18.0 Å². The molecule has 0 bridgehead atoms. The lowest BCUT2D eigenvalue weighted by atomic mass is 10.2. The number of nitrogens with zero attached hydrogens (tertiary/aromatic N) is 2. The minimum Gasteiger partial charge on any atom is -0.477 e. The number of hydrogen-bond donors (Lipinski definition) is 2. The molecule has 2 heterocycles. The molecule has 0 radical (unpaired) electrons. The van der Waals surface area contributed by atoms with Gasteiger partial charge < -0.3 is 10.0 Å². The van der Waals surface area contributed by atoms with Crippen molar-refractivity contribution in [3.05, 3.63) is 87.5 Å². The predicted octanol–water partition coefficient (Wildman–Crippen LogP) is 3.79. The van der Waals surface area contributed by atoms with Gasteiger partial charge in [0.05, 0.1) is 11.3 Å². The fourth-order valence-electron chi connectivity index (χ4n) is 3.48. The van der Waals surface area contributed by atoms with Crippen molar-refractivity contribution in [2.45, 2.75) is 12.8 Å². The summed E-state index contributed by atoms with van der Waals surface area (Å²) < 4.78 is 1.22. The van der Waals surface area contributed by atoms with Crippen LogP contribution in [0.5, 0.6) is 0 Å². The van der Waals surface area contributed by atoms with Gasteiger partial charge in [0.2, 0.25) is 0 Å². The minimum absolute atomic E-state index is 0.0614. The third kappa shape index (κ3) is 3.93. The molecule has 2 aromatic carbocycles. The average Bonchev–Trinajstić information content (AvgIpc) is 3.38. The van der Waals surface area contributed by atoms with E-state index in [0.29, 0.717) is 5.69 Å². The van der Waals surface area contributed by atoms with Crippen molar-refractivity contribution in [3.63, 3.8) is 0 Å². The van der Waals surface area contributed by atoms with Crippen LogP contribution in [0, 0.1) is 0 Å². The maximum absolute atomic E-state index is 12.7. The van der Waals surface area contributed by atoms with Crippen LogP contribution in [0.3, 0.4) is 0 Å². The molecule has 3 aromatic rings. The zero-order valence-corrected chi connectivity index (χ0v) is 15.8. The Labute approximate surface area is 168 Å². The molecule has 4 rings (SSSR count). The number of rotatable bonds is 5. The third-order valence-electron chi connectivity index (χ3n) is 5.00. The Bertz CT molecular complexity index is 1130. The van der Waals surface area contributed by atoms with E-state index in [9.17, 15) is 14.7 Å². The monoisotopic (exact) mass is 387 g/mol. The van der Waals surface area contributed by atoms with Crippen molar-refractivity contribution in [2.24, 2.45) is 0 Å². The molecule has 6 nitrogen and oxygen atoms in total. The van der Waals surface area contributed by atoms with E-state index in [1.165, 1.54) is 29.3 Å². The van der Waals surface area contributed by atoms with Gasteiger partial charge in [-0.2, -0.15) is 0 Å². The molecule has 0 saturated carbocycles. The Hall–Kier alpha value is -3.76. The Morgan fingerprint density at radius 2 is 1.66 bits per heavy atom. The van der Waals surface area contributed by atoms with Crippen molar-refractivity contribution < 1.29 is 9.90 Å². The van der Waals surface area contributed by atoms with E-state index in [1.807, 2.05) is 18.2 Å². The van der Waals surface area contributed by atoms with E-state index >= 15 is 0 Å². The van der Waals surface area contributed by atoms with Crippen molar-refractivity contribution in [1.82, 2.24) is 9.78 Å². The highest BCUT2D eigenvalue weighted by atomic mass is 16.4. The number of H-pyrrole nitrogens is 1. The summed E-state index contributed by atoms with van der Waals surface area (Å²) in [6.45, 7) is 2.18. The molecular weight excluding hydrogens is 366 g/mol. The molecule has 29 heavy (non-hydrogen) atoms. The van der Waals surface area contributed by atoms with Gasteiger partial charge in [0, 0.05) is 18.8 Å². The maximum Gasteiger partial charge on any atom is 0.354 e. The number of aromatic nitrogens is 2. The van der Waals surface area contributed by atoms with Crippen LogP contribution in [0.15, 0.2) is 65.1 Å². The molecule has 1 fully saturated rings. The number of nitrogens with one attached hydrogen (secondary N) is 1. The number of anilines is 1. The van der Waals surface area contributed by atoms with Crippen LogP contribution in [0.25, 0.3) is 17.8 Å². The average molecular weight is 387 g/mol. The summed E-state index contributed by atoms with van der Waals surface area (Å²) in [5.74, 6) is -1.19. The Morgan fingerprint density at radius 3 is 2.31 bits per heavy atom. The number of carbonyl (C=O) groups is 1. The molecule has 1 aliphatic rings. The summed E-state index contributed by atoms with van der Waals surface area (Å²) in [5, 5.41) is 12.1. The first kappa shape index (κ1) is 18.6. The smallest absolute Gasteiger partial charge is 0.354 e. The summed E-state index contributed by atoms with van der Waals surface area (Å²) in [4.78, 5) is 26.6. The van der Waals surface area contributed by atoms with Crippen LogP contribution < -0.4 is 10.5 Å². The van der Waals surface area contributed by atoms with Gasteiger partial charge in [0.15, 0.2) is 5.69 Å². The maximum atomic E-state index is 12.7. The molecule has 1 aliphatic heterocycles. The molecule has 2 N–H and O–H groups in total. The van der Waals surface area contributed by atoms with E-state index in [4.69, 9.17) is 0 Å². The van der Waals surface area contributed by atoms with Gasteiger partial charge in [-0.3, -0.25) is 9.89 Å². The van der Waals surface area contributed by atoms with Crippen molar-refractivity contribution >= 4 is 23.8 Å². The summed E-state index contributed by atoms with van der Waals surface area (Å²) in [6, 6.07) is 17.0. The lowest BCUT2D eigenvalue weighted by Crippen LogP contribution is -2.17. The van der Waals surface area contributed by atoms with E-state index < -0.39 is 11.5 Å². The lowest BCUT2D eigenvalue weighted by Gasteiger charge is -2.17. The number of hydrogen-bond acceptors (Lipinski definition) is 3. The number of carboxylic acid groups (broad SMARTS) is 1.